The van der Waals surface area contributed by atoms with Gasteiger partial charge in [-0.3, -0.25) is 0 Å². The number of anilines is 1. The van der Waals surface area contributed by atoms with Crippen LogP contribution in [-0.4, -0.2) is 0 Å². The third-order valence-electron chi connectivity index (χ3n) is 3.16. The highest BCUT2D eigenvalue weighted by Gasteiger charge is 2.10. The summed E-state index contributed by atoms with van der Waals surface area (Å²) < 4.78 is 14.4. The minimum atomic E-state index is -0.190. The normalized spacial score (nSPS) is 12.2. The molecule has 0 heterocycles. The first-order valence-corrected chi connectivity index (χ1v) is 7.17. The molecule has 0 aliphatic heterocycles. The summed E-state index contributed by atoms with van der Waals surface area (Å²) in [5.74, 6) is -0.190. The second-order valence-corrected chi connectivity index (χ2v) is 5.48. The van der Waals surface area contributed by atoms with Crippen LogP contribution in [0.15, 0.2) is 46.9 Å². The molecule has 1 N–H and O–H groups in total. The zero-order valence-electron chi connectivity index (χ0n) is 11.1. The molecular formula is C16H17BrFN. The molecule has 1 unspecified atom stereocenters. The van der Waals surface area contributed by atoms with Crippen LogP contribution >= 0.6 is 15.9 Å². The Hall–Kier alpha value is -1.35. The number of aryl methyl sites for hydroxylation is 1. The van der Waals surface area contributed by atoms with E-state index >= 15 is 0 Å². The highest BCUT2D eigenvalue weighted by Crippen LogP contribution is 2.26. The Morgan fingerprint density at radius 1 is 1.21 bits per heavy atom. The van der Waals surface area contributed by atoms with E-state index in [0.29, 0.717) is 0 Å². The summed E-state index contributed by atoms with van der Waals surface area (Å²) in [5.41, 5.74) is 3.21. The summed E-state index contributed by atoms with van der Waals surface area (Å²) in [6.07, 6.45) is 0.901. The Bertz CT molecular complexity index is 568. The SMILES string of the molecule is CCC(Nc1ccc(Br)c(C)c1)c1cccc(F)c1. The largest absolute Gasteiger partial charge is 0.378 e. The third kappa shape index (κ3) is 3.57. The lowest BCUT2D eigenvalue weighted by molar-refractivity contribution is 0.621. The van der Waals surface area contributed by atoms with Crippen molar-refractivity contribution in [2.45, 2.75) is 26.3 Å². The minimum absolute atomic E-state index is 0.122. The molecule has 0 fully saturated rings. The van der Waals surface area contributed by atoms with E-state index in [9.17, 15) is 4.39 Å². The van der Waals surface area contributed by atoms with E-state index < -0.39 is 0 Å². The van der Waals surface area contributed by atoms with Crippen LogP contribution in [0, 0.1) is 12.7 Å². The fourth-order valence-electron chi connectivity index (χ4n) is 2.08. The summed E-state index contributed by atoms with van der Waals surface area (Å²) in [5, 5.41) is 3.45. The van der Waals surface area contributed by atoms with E-state index in [1.165, 1.54) is 11.6 Å². The zero-order valence-corrected chi connectivity index (χ0v) is 12.7. The fraction of sp³-hybridized carbons (Fsp3) is 0.250. The number of rotatable bonds is 4. The molecule has 0 bridgehead atoms. The topological polar surface area (TPSA) is 12.0 Å². The predicted octanol–water partition coefficient (Wildman–Crippen LogP) is 5.46. The maximum atomic E-state index is 13.3. The standard InChI is InChI=1S/C16H17BrFN/c1-3-16(12-5-4-6-13(18)10-12)19-14-7-8-15(17)11(2)9-14/h4-10,16,19H,3H2,1-2H3. The molecule has 1 nitrogen and oxygen atoms in total. The van der Waals surface area contributed by atoms with Gasteiger partial charge in [0.2, 0.25) is 0 Å². The van der Waals surface area contributed by atoms with Crippen LogP contribution < -0.4 is 5.32 Å². The second kappa shape index (κ2) is 6.20. The van der Waals surface area contributed by atoms with Crippen molar-refractivity contribution in [2.75, 3.05) is 5.32 Å². The van der Waals surface area contributed by atoms with E-state index in [1.807, 2.05) is 18.2 Å². The summed E-state index contributed by atoms with van der Waals surface area (Å²) >= 11 is 3.49. The number of hydrogen-bond acceptors (Lipinski definition) is 1. The van der Waals surface area contributed by atoms with Gasteiger partial charge < -0.3 is 5.32 Å². The van der Waals surface area contributed by atoms with Gasteiger partial charge in [-0.2, -0.15) is 0 Å². The molecule has 2 rings (SSSR count). The molecule has 3 heteroatoms. The first-order valence-electron chi connectivity index (χ1n) is 6.38. The lowest BCUT2D eigenvalue weighted by atomic mass is 10.0. The quantitative estimate of drug-likeness (QED) is 0.788. The van der Waals surface area contributed by atoms with Gasteiger partial charge in [0.1, 0.15) is 5.82 Å². The molecular weight excluding hydrogens is 305 g/mol. The lowest BCUT2D eigenvalue weighted by Gasteiger charge is -2.19. The van der Waals surface area contributed by atoms with E-state index in [1.54, 1.807) is 12.1 Å². The van der Waals surface area contributed by atoms with Gasteiger partial charge in [0.15, 0.2) is 0 Å². The van der Waals surface area contributed by atoms with Crippen molar-refractivity contribution < 1.29 is 4.39 Å². The lowest BCUT2D eigenvalue weighted by Crippen LogP contribution is -2.10. The molecule has 1 atom stereocenters. The monoisotopic (exact) mass is 321 g/mol. The Kier molecular flexibility index (Phi) is 4.59. The second-order valence-electron chi connectivity index (χ2n) is 4.62. The van der Waals surface area contributed by atoms with Crippen molar-refractivity contribution >= 4 is 21.6 Å². The van der Waals surface area contributed by atoms with Crippen LogP contribution in [0.25, 0.3) is 0 Å². The van der Waals surface area contributed by atoms with Gasteiger partial charge in [-0.05, 0) is 54.8 Å². The van der Waals surface area contributed by atoms with Crippen molar-refractivity contribution in [2.24, 2.45) is 0 Å². The van der Waals surface area contributed by atoms with Crippen molar-refractivity contribution in [1.29, 1.82) is 0 Å². The van der Waals surface area contributed by atoms with Gasteiger partial charge in [-0.25, -0.2) is 4.39 Å². The number of benzene rings is 2. The van der Waals surface area contributed by atoms with E-state index in [-0.39, 0.29) is 11.9 Å². The summed E-state index contributed by atoms with van der Waals surface area (Å²) in [6, 6.07) is 13.0. The number of hydrogen-bond donors (Lipinski definition) is 1. The average molecular weight is 322 g/mol. The molecule has 100 valence electrons. The average Bonchev–Trinajstić information content (AvgIpc) is 2.40. The van der Waals surface area contributed by atoms with Gasteiger partial charge in [-0.1, -0.05) is 35.0 Å². The third-order valence-corrected chi connectivity index (χ3v) is 4.05. The Labute approximate surface area is 122 Å². The van der Waals surface area contributed by atoms with Gasteiger partial charge in [0, 0.05) is 10.2 Å². The number of halogens is 2. The van der Waals surface area contributed by atoms with Crippen LogP contribution in [0.3, 0.4) is 0 Å². The van der Waals surface area contributed by atoms with Gasteiger partial charge in [0.25, 0.3) is 0 Å². The Balaban J connectivity index is 2.21. The Morgan fingerprint density at radius 2 is 2.00 bits per heavy atom. The molecule has 0 amide bonds. The van der Waals surface area contributed by atoms with Crippen LogP contribution in [0.4, 0.5) is 10.1 Å². The van der Waals surface area contributed by atoms with Gasteiger partial charge in [0.05, 0.1) is 6.04 Å². The molecule has 0 saturated carbocycles. The molecule has 0 aromatic heterocycles. The van der Waals surface area contributed by atoms with Crippen LogP contribution in [0.5, 0.6) is 0 Å². The maximum absolute atomic E-state index is 13.3. The predicted molar refractivity (Wildman–Crippen MR) is 81.9 cm³/mol. The molecule has 0 aliphatic carbocycles. The van der Waals surface area contributed by atoms with E-state index in [2.05, 4.69) is 41.2 Å². The van der Waals surface area contributed by atoms with E-state index in [0.717, 1.165) is 22.1 Å². The molecule has 2 aromatic rings. The molecule has 0 radical (unpaired) electrons. The fourth-order valence-corrected chi connectivity index (χ4v) is 2.33. The highest BCUT2D eigenvalue weighted by molar-refractivity contribution is 9.10. The first kappa shape index (κ1) is 14.1. The molecule has 0 spiro atoms. The summed E-state index contributed by atoms with van der Waals surface area (Å²) in [7, 11) is 0. The van der Waals surface area contributed by atoms with Crippen LogP contribution in [0.1, 0.15) is 30.5 Å². The van der Waals surface area contributed by atoms with Crippen molar-refractivity contribution in [1.82, 2.24) is 0 Å². The first-order chi connectivity index (χ1) is 9.10. The van der Waals surface area contributed by atoms with Crippen LogP contribution in [0.2, 0.25) is 0 Å². The molecule has 2 aromatic carbocycles. The van der Waals surface area contributed by atoms with Gasteiger partial charge >= 0.3 is 0 Å². The van der Waals surface area contributed by atoms with Crippen LogP contribution in [-0.2, 0) is 0 Å². The van der Waals surface area contributed by atoms with Crippen molar-refractivity contribution in [3.8, 4) is 0 Å². The zero-order chi connectivity index (χ0) is 13.8. The summed E-state index contributed by atoms with van der Waals surface area (Å²) in [4.78, 5) is 0. The van der Waals surface area contributed by atoms with Gasteiger partial charge in [-0.15, -0.1) is 0 Å². The van der Waals surface area contributed by atoms with Crippen molar-refractivity contribution in [3.63, 3.8) is 0 Å². The highest BCUT2D eigenvalue weighted by atomic mass is 79.9. The number of nitrogens with one attached hydrogen (secondary N) is 1. The van der Waals surface area contributed by atoms with E-state index in [4.69, 9.17) is 0 Å². The smallest absolute Gasteiger partial charge is 0.123 e. The molecule has 0 saturated heterocycles. The Morgan fingerprint density at radius 3 is 2.63 bits per heavy atom. The molecule has 0 aliphatic rings. The molecule has 19 heavy (non-hydrogen) atoms. The maximum Gasteiger partial charge on any atom is 0.123 e. The minimum Gasteiger partial charge on any atom is -0.378 e. The summed E-state index contributed by atoms with van der Waals surface area (Å²) in [6.45, 7) is 4.15. The van der Waals surface area contributed by atoms with Crippen molar-refractivity contribution in [3.05, 3.63) is 63.9 Å².